The molecule has 0 fully saturated rings. The summed E-state index contributed by atoms with van der Waals surface area (Å²) in [6.45, 7) is 0. The zero-order valence-electron chi connectivity index (χ0n) is 8.53. The van der Waals surface area contributed by atoms with Crippen molar-refractivity contribution in [3.63, 3.8) is 0 Å². The number of hydrogen-bond donors (Lipinski definition) is 0. The molecule has 0 radical (unpaired) electrons. The molecule has 88 valence electrons. The van der Waals surface area contributed by atoms with Gasteiger partial charge in [-0.1, -0.05) is 15.9 Å². The second kappa shape index (κ2) is 5.42. The van der Waals surface area contributed by atoms with Gasteiger partial charge < -0.3 is 4.74 Å². The largest absolute Gasteiger partial charge is 0.437 e. The Bertz CT molecular complexity index is 518. The molecular weight excluding hydrogens is 310 g/mol. The third kappa shape index (κ3) is 3.38. The van der Waals surface area contributed by atoms with Gasteiger partial charge in [0.15, 0.2) is 0 Å². The van der Waals surface area contributed by atoms with E-state index in [4.69, 9.17) is 16.3 Å². The van der Waals surface area contributed by atoms with Gasteiger partial charge in [-0.2, -0.15) is 0 Å². The Hall–Kier alpha value is -1.20. The predicted octanol–water partition coefficient (Wildman–Crippen LogP) is 3.91. The summed E-state index contributed by atoms with van der Waals surface area (Å²) >= 11 is 8.80. The van der Waals surface area contributed by atoms with E-state index in [9.17, 15) is 4.39 Å². The van der Waals surface area contributed by atoms with Crippen molar-refractivity contribution in [3.8, 4) is 11.6 Å². The summed E-state index contributed by atoms with van der Waals surface area (Å²) in [6, 6.07) is 4.24. The second-order valence-corrected chi connectivity index (χ2v) is 4.37. The molecule has 3 nitrogen and oxygen atoms in total. The first-order chi connectivity index (χ1) is 8.17. The first-order valence-electron chi connectivity index (χ1n) is 4.68. The molecule has 17 heavy (non-hydrogen) atoms. The van der Waals surface area contributed by atoms with E-state index in [-0.39, 0.29) is 11.8 Å². The fourth-order valence-electron chi connectivity index (χ4n) is 1.21. The predicted molar refractivity (Wildman–Crippen MR) is 65.8 cm³/mol. The maximum absolute atomic E-state index is 13.1. The zero-order valence-corrected chi connectivity index (χ0v) is 10.9. The van der Waals surface area contributed by atoms with E-state index in [2.05, 4.69) is 25.9 Å². The fourth-order valence-corrected chi connectivity index (χ4v) is 1.78. The average molecular weight is 318 g/mol. The van der Waals surface area contributed by atoms with Gasteiger partial charge in [-0.15, -0.1) is 11.6 Å². The quantitative estimate of drug-likeness (QED) is 0.805. The summed E-state index contributed by atoms with van der Waals surface area (Å²) in [7, 11) is 0. The number of ether oxygens (including phenoxy) is 1. The van der Waals surface area contributed by atoms with Crippen LogP contribution in [0.2, 0.25) is 0 Å². The fraction of sp³-hybridized carbons (Fsp3) is 0.0909. The molecule has 0 N–H and O–H groups in total. The minimum Gasteiger partial charge on any atom is -0.437 e. The van der Waals surface area contributed by atoms with Gasteiger partial charge in [-0.25, -0.2) is 9.37 Å². The number of rotatable bonds is 3. The van der Waals surface area contributed by atoms with Gasteiger partial charge in [0.25, 0.3) is 0 Å². The van der Waals surface area contributed by atoms with Crippen LogP contribution in [-0.2, 0) is 5.88 Å². The van der Waals surface area contributed by atoms with E-state index in [1.54, 1.807) is 12.3 Å². The third-order valence-electron chi connectivity index (χ3n) is 1.86. The monoisotopic (exact) mass is 316 g/mol. The Morgan fingerprint density at radius 1 is 1.29 bits per heavy atom. The first-order valence-corrected chi connectivity index (χ1v) is 6.01. The lowest BCUT2D eigenvalue weighted by Gasteiger charge is -2.05. The summed E-state index contributed by atoms with van der Waals surface area (Å²) < 4.78 is 19.1. The standard InChI is InChI=1S/C11H7BrClFN2O/c12-7-1-8(14)3-10(2-7)17-11-6-15-5-9(4-13)16-11/h1-3,5-6H,4H2. The Morgan fingerprint density at radius 2 is 2.12 bits per heavy atom. The highest BCUT2D eigenvalue weighted by Crippen LogP contribution is 2.24. The van der Waals surface area contributed by atoms with Crippen molar-refractivity contribution in [1.29, 1.82) is 0 Å². The first kappa shape index (κ1) is 12.3. The highest BCUT2D eigenvalue weighted by molar-refractivity contribution is 9.10. The molecule has 0 bridgehead atoms. The lowest BCUT2D eigenvalue weighted by Crippen LogP contribution is -1.93. The van der Waals surface area contributed by atoms with Crippen molar-refractivity contribution in [2.75, 3.05) is 0 Å². The minimum absolute atomic E-state index is 0.247. The summed E-state index contributed by atoms with van der Waals surface area (Å²) in [5, 5.41) is 0. The van der Waals surface area contributed by atoms with E-state index >= 15 is 0 Å². The lowest BCUT2D eigenvalue weighted by atomic mass is 10.3. The molecule has 2 aromatic rings. The molecule has 1 aromatic carbocycles. The van der Waals surface area contributed by atoms with Crippen LogP contribution in [0.3, 0.4) is 0 Å². The molecule has 2 rings (SSSR count). The van der Waals surface area contributed by atoms with Crippen LogP contribution in [0.5, 0.6) is 11.6 Å². The van der Waals surface area contributed by atoms with Crippen molar-refractivity contribution in [2.24, 2.45) is 0 Å². The summed E-state index contributed by atoms with van der Waals surface area (Å²) in [5.41, 5.74) is 0.597. The summed E-state index contributed by atoms with van der Waals surface area (Å²) in [5.74, 6) is 0.478. The Morgan fingerprint density at radius 3 is 2.82 bits per heavy atom. The number of halogens is 3. The molecule has 0 unspecified atom stereocenters. The van der Waals surface area contributed by atoms with Crippen LogP contribution in [0, 0.1) is 5.82 Å². The van der Waals surface area contributed by atoms with Gasteiger partial charge >= 0.3 is 0 Å². The van der Waals surface area contributed by atoms with Crippen LogP contribution in [0.25, 0.3) is 0 Å². The molecule has 1 aromatic heterocycles. The maximum atomic E-state index is 13.1. The van der Waals surface area contributed by atoms with Crippen molar-refractivity contribution in [3.05, 3.63) is 46.6 Å². The smallest absolute Gasteiger partial charge is 0.238 e. The highest BCUT2D eigenvalue weighted by atomic mass is 79.9. The minimum atomic E-state index is -0.393. The molecule has 0 aliphatic rings. The van der Waals surface area contributed by atoms with E-state index in [0.717, 1.165) is 0 Å². The molecule has 0 atom stereocenters. The number of aromatic nitrogens is 2. The van der Waals surface area contributed by atoms with E-state index in [1.807, 2.05) is 0 Å². The van der Waals surface area contributed by atoms with Crippen molar-refractivity contribution < 1.29 is 9.13 Å². The van der Waals surface area contributed by atoms with Gasteiger partial charge in [0.2, 0.25) is 5.88 Å². The van der Waals surface area contributed by atoms with Crippen molar-refractivity contribution in [1.82, 2.24) is 9.97 Å². The van der Waals surface area contributed by atoms with Gasteiger partial charge in [0.05, 0.1) is 17.8 Å². The molecule has 0 aliphatic carbocycles. The number of nitrogens with zero attached hydrogens (tertiary/aromatic N) is 2. The highest BCUT2D eigenvalue weighted by Gasteiger charge is 2.04. The Labute approximate surface area is 111 Å². The van der Waals surface area contributed by atoms with Crippen molar-refractivity contribution in [2.45, 2.75) is 5.88 Å². The zero-order chi connectivity index (χ0) is 12.3. The molecular formula is C11H7BrClFN2O. The normalized spacial score (nSPS) is 10.3. The van der Waals surface area contributed by atoms with Gasteiger partial charge in [-0.3, -0.25) is 4.98 Å². The summed E-state index contributed by atoms with van der Waals surface area (Å²) in [4.78, 5) is 8.01. The number of hydrogen-bond acceptors (Lipinski definition) is 3. The molecule has 1 heterocycles. The maximum Gasteiger partial charge on any atom is 0.238 e. The topological polar surface area (TPSA) is 35.0 Å². The van der Waals surface area contributed by atoms with Crippen LogP contribution >= 0.6 is 27.5 Å². The lowest BCUT2D eigenvalue weighted by molar-refractivity contribution is 0.453. The molecule has 0 saturated carbocycles. The molecule has 0 aliphatic heterocycles. The van der Waals surface area contributed by atoms with Crippen LogP contribution in [0.4, 0.5) is 4.39 Å². The second-order valence-electron chi connectivity index (χ2n) is 3.19. The molecule has 0 spiro atoms. The number of benzene rings is 1. The van der Waals surface area contributed by atoms with Gasteiger partial charge in [-0.05, 0) is 12.1 Å². The molecule has 6 heteroatoms. The number of alkyl halides is 1. The van der Waals surface area contributed by atoms with Crippen LogP contribution < -0.4 is 4.74 Å². The third-order valence-corrected chi connectivity index (χ3v) is 2.59. The SMILES string of the molecule is Fc1cc(Br)cc(Oc2cncc(CCl)n2)c1. The Balaban J connectivity index is 2.24. The van der Waals surface area contributed by atoms with Crippen LogP contribution in [-0.4, -0.2) is 9.97 Å². The van der Waals surface area contributed by atoms with Crippen LogP contribution in [0.15, 0.2) is 35.1 Å². The van der Waals surface area contributed by atoms with Crippen LogP contribution in [0.1, 0.15) is 5.69 Å². The van der Waals surface area contributed by atoms with Crippen molar-refractivity contribution >= 4 is 27.5 Å². The summed E-state index contributed by atoms with van der Waals surface area (Å²) in [6.07, 6.45) is 2.98. The van der Waals surface area contributed by atoms with E-state index < -0.39 is 5.82 Å². The van der Waals surface area contributed by atoms with E-state index in [1.165, 1.54) is 18.3 Å². The van der Waals surface area contributed by atoms with Gasteiger partial charge in [0, 0.05) is 16.7 Å². The van der Waals surface area contributed by atoms with E-state index in [0.29, 0.717) is 15.9 Å². The molecule has 0 amide bonds. The average Bonchev–Trinajstić information content (AvgIpc) is 2.28. The molecule has 0 saturated heterocycles. The van der Waals surface area contributed by atoms with Gasteiger partial charge in [0.1, 0.15) is 11.6 Å². The Kier molecular flexibility index (Phi) is 3.91.